The molecule has 0 saturated heterocycles. The summed E-state index contributed by atoms with van der Waals surface area (Å²) in [5, 5.41) is 0. The highest BCUT2D eigenvalue weighted by molar-refractivity contribution is 5.67. The van der Waals surface area contributed by atoms with E-state index in [1.165, 1.54) is 48.9 Å². The molecule has 0 heterocycles. The normalized spacial score (nSPS) is 17.8. The molecule has 4 rings (SSSR count). The number of rotatable bonds is 7. The fraction of sp³-hybridized carbons (Fsp3) is 0.357. The Morgan fingerprint density at radius 3 is 2.15 bits per heavy atom. The SMILES string of the molecule is C.CCC1CCC(c2ccc(-c3cccc(Oc4ccc(OC(F)F)cc4)c3F)c(F)c2)CC1. The average Bonchev–Trinajstić information content (AvgIpc) is 2.81. The smallest absolute Gasteiger partial charge is 0.387 e. The Balaban J connectivity index is 0.00000324. The van der Waals surface area contributed by atoms with Gasteiger partial charge in [0.25, 0.3) is 0 Å². The van der Waals surface area contributed by atoms with Gasteiger partial charge in [0.2, 0.25) is 0 Å². The van der Waals surface area contributed by atoms with Gasteiger partial charge in [-0.1, -0.05) is 45.0 Å². The molecule has 1 saturated carbocycles. The topological polar surface area (TPSA) is 18.5 Å². The second kappa shape index (κ2) is 11.4. The highest BCUT2D eigenvalue weighted by Crippen LogP contribution is 2.39. The van der Waals surface area contributed by atoms with Gasteiger partial charge in [0.05, 0.1) is 0 Å². The van der Waals surface area contributed by atoms with Crippen LogP contribution >= 0.6 is 0 Å². The number of benzene rings is 3. The Kier molecular flexibility index (Phi) is 8.59. The maximum absolute atomic E-state index is 15.2. The minimum Gasteiger partial charge on any atom is -0.454 e. The molecule has 0 amide bonds. The van der Waals surface area contributed by atoms with Crippen LogP contribution in [0, 0.1) is 17.6 Å². The van der Waals surface area contributed by atoms with Crippen LogP contribution in [0.5, 0.6) is 17.2 Å². The Hall–Kier alpha value is -3.02. The van der Waals surface area contributed by atoms with Crippen LogP contribution in [0.2, 0.25) is 0 Å². The van der Waals surface area contributed by atoms with Crippen LogP contribution in [0.4, 0.5) is 17.6 Å². The molecule has 0 bridgehead atoms. The van der Waals surface area contributed by atoms with Gasteiger partial charge < -0.3 is 9.47 Å². The predicted molar refractivity (Wildman–Crippen MR) is 127 cm³/mol. The summed E-state index contributed by atoms with van der Waals surface area (Å²) in [5.41, 5.74) is 1.23. The van der Waals surface area contributed by atoms with Crippen molar-refractivity contribution in [3.05, 3.63) is 77.9 Å². The molecule has 1 aliphatic rings. The Labute approximate surface area is 198 Å². The minimum atomic E-state index is -2.93. The molecule has 0 aliphatic heterocycles. The zero-order valence-corrected chi connectivity index (χ0v) is 18.4. The standard InChI is InChI=1S/C27H26F4O2.CH4/c1-2-17-6-8-18(9-7-17)19-10-15-22(24(28)16-19)23-4-3-5-25(26(23)29)32-20-11-13-21(14-12-20)33-27(30)31;/h3-5,10-18,27H,2,6-9H2,1H3;1H4. The second-order valence-electron chi connectivity index (χ2n) is 8.43. The van der Waals surface area contributed by atoms with Crippen LogP contribution in [0.1, 0.15) is 57.9 Å². The van der Waals surface area contributed by atoms with Crippen LogP contribution in [0.25, 0.3) is 11.1 Å². The fourth-order valence-electron chi connectivity index (χ4n) is 4.52. The van der Waals surface area contributed by atoms with E-state index in [9.17, 15) is 8.78 Å². The summed E-state index contributed by atoms with van der Waals surface area (Å²) in [7, 11) is 0. The van der Waals surface area contributed by atoms with Crippen molar-refractivity contribution in [2.75, 3.05) is 0 Å². The molecule has 0 radical (unpaired) electrons. The van der Waals surface area contributed by atoms with E-state index >= 15 is 8.78 Å². The summed E-state index contributed by atoms with van der Waals surface area (Å²) in [4.78, 5) is 0. The van der Waals surface area contributed by atoms with Crippen molar-refractivity contribution in [1.29, 1.82) is 0 Å². The summed E-state index contributed by atoms with van der Waals surface area (Å²) in [6.45, 7) is -0.721. The van der Waals surface area contributed by atoms with Crippen LogP contribution < -0.4 is 9.47 Å². The molecule has 2 nitrogen and oxygen atoms in total. The lowest BCUT2D eigenvalue weighted by molar-refractivity contribution is -0.0498. The lowest BCUT2D eigenvalue weighted by Gasteiger charge is -2.28. The first kappa shape index (κ1) is 25.6. The summed E-state index contributed by atoms with van der Waals surface area (Å²) < 4.78 is 64.7. The predicted octanol–water partition coefficient (Wildman–Crippen LogP) is 9.35. The van der Waals surface area contributed by atoms with Gasteiger partial charge in [0, 0.05) is 11.1 Å². The van der Waals surface area contributed by atoms with Crippen molar-refractivity contribution in [3.8, 4) is 28.4 Å². The first-order valence-corrected chi connectivity index (χ1v) is 11.3. The maximum Gasteiger partial charge on any atom is 0.387 e. The summed E-state index contributed by atoms with van der Waals surface area (Å²) >= 11 is 0. The van der Waals surface area contributed by atoms with E-state index in [-0.39, 0.29) is 35.8 Å². The molecule has 0 unspecified atom stereocenters. The van der Waals surface area contributed by atoms with Gasteiger partial charge in [-0.05, 0) is 79.5 Å². The fourth-order valence-corrected chi connectivity index (χ4v) is 4.52. The quantitative estimate of drug-likeness (QED) is 0.318. The largest absolute Gasteiger partial charge is 0.454 e. The number of hydrogen-bond donors (Lipinski definition) is 0. The van der Waals surface area contributed by atoms with Crippen molar-refractivity contribution in [1.82, 2.24) is 0 Å². The van der Waals surface area contributed by atoms with Crippen molar-refractivity contribution < 1.29 is 27.0 Å². The van der Waals surface area contributed by atoms with Crippen LogP contribution in [0.3, 0.4) is 0 Å². The van der Waals surface area contributed by atoms with Gasteiger partial charge in [-0.25, -0.2) is 8.78 Å². The van der Waals surface area contributed by atoms with Crippen molar-refractivity contribution in [2.24, 2.45) is 5.92 Å². The summed E-state index contributed by atoms with van der Waals surface area (Å²) in [6, 6.07) is 15.0. The molecule has 0 N–H and O–H groups in total. The average molecular weight is 475 g/mol. The van der Waals surface area contributed by atoms with Crippen LogP contribution in [0.15, 0.2) is 60.7 Å². The van der Waals surface area contributed by atoms with E-state index in [1.807, 2.05) is 6.07 Å². The number of alkyl halides is 2. The van der Waals surface area contributed by atoms with Crippen molar-refractivity contribution >= 4 is 0 Å². The highest BCUT2D eigenvalue weighted by Gasteiger charge is 2.23. The molecule has 0 aromatic heterocycles. The molecule has 1 aliphatic carbocycles. The zero-order chi connectivity index (χ0) is 23.4. The lowest BCUT2D eigenvalue weighted by atomic mass is 9.77. The first-order valence-electron chi connectivity index (χ1n) is 11.3. The van der Waals surface area contributed by atoms with E-state index in [0.29, 0.717) is 5.92 Å². The maximum atomic E-state index is 15.2. The third-order valence-corrected chi connectivity index (χ3v) is 6.42. The lowest BCUT2D eigenvalue weighted by Crippen LogP contribution is -2.12. The summed E-state index contributed by atoms with van der Waals surface area (Å²) in [5.74, 6) is 0.0674. The van der Waals surface area contributed by atoms with Gasteiger partial charge in [0.1, 0.15) is 17.3 Å². The molecular formula is C28H30F4O2. The molecule has 34 heavy (non-hydrogen) atoms. The van der Waals surface area contributed by atoms with Gasteiger partial charge in [-0.2, -0.15) is 8.78 Å². The Morgan fingerprint density at radius 1 is 0.853 bits per heavy atom. The first-order chi connectivity index (χ1) is 15.9. The number of halogens is 4. The minimum absolute atomic E-state index is 0. The van der Waals surface area contributed by atoms with Gasteiger partial charge in [-0.3, -0.25) is 0 Å². The third-order valence-electron chi connectivity index (χ3n) is 6.42. The Bertz CT molecular complexity index is 1070. The molecular weight excluding hydrogens is 444 g/mol. The number of hydrogen-bond acceptors (Lipinski definition) is 2. The monoisotopic (exact) mass is 474 g/mol. The van der Waals surface area contributed by atoms with E-state index < -0.39 is 18.2 Å². The third kappa shape index (κ3) is 5.91. The molecule has 6 heteroatoms. The van der Waals surface area contributed by atoms with Crippen LogP contribution in [-0.4, -0.2) is 6.61 Å². The molecule has 3 aromatic carbocycles. The van der Waals surface area contributed by atoms with Gasteiger partial charge in [-0.15, -0.1) is 0 Å². The second-order valence-corrected chi connectivity index (χ2v) is 8.43. The Morgan fingerprint density at radius 2 is 1.53 bits per heavy atom. The molecule has 182 valence electrons. The zero-order valence-electron chi connectivity index (χ0n) is 18.4. The summed E-state index contributed by atoms with van der Waals surface area (Å²) in [6.07, 6.45) is 5.61. The highest BCUT2D eigenvalue weighted by atomic mass is 19.3. The molecule has 3 aromatic rings. The van der Waals surface area contributed by atoms with E-state index in [1.54, 1.807) is 12.1 Å². The van der Waals surface area contributed by atoms with E-state index in [2.05, 4.69) is 11.7 Å². The van der Waals surface area contributed by atoms with Crippen LogP contribution in [-0.2, 0) is 0 Å². The molecule has 0 atom stereocenters. The van der Waals surface area contributed by atoms with E-state index in [0.717, 1.165) is 37.2 Å². The van der Waals surface area contributed by atoms with Crippen molar-refractivity contribution in [2.45, 2.75) is 59.0 Å². The molecule has 0 spiro atoms. The van der Waals surface area contributed by atoms with Gasteiger partial charge in [0.15, 0.2) is 11.6 Å². The van der Waals surface area contributed by atoms with Gasteiger partial charge >= 0.3 is 6.61 Å². The molecule has 1 fully saturated rings. The van der Waals surface area contributed by atoms with Crippen molar-refractivity contribution in [3.63, 3.8) is 0 Å². The van der Waals surface area contributed by atoms with E-state index in [4.69, 9.17) is 4.74 Å². The number of ether oxygens (including phenoxy) is 2.